The molecule has 4 nitrogen and oxygen atoms in total. The summed E-state index contributed by atoms with van der Waals surface area (Å²) in [5, 5.41) is 3.94. The second kappa shape index (κ2) is 4.53. The Bertz CT molecular complexity index is 514. The quantitative estimate of drug-likeness (QED) is 0.576. The van der Waals surface area contributed by atoms with E-state index in [1.54, 1.807) is 42.6 Å². The van der Waals surface area contributed by atoms with Crippen molar-refractivity contribution in [2.75, 3.05) is 0 Å². The standard InChI is InChI=1S/C12H11N3O/c1-15-9-11(8-14-15)12(16)5-4-10-3-2-6-13-7-10/h2-9H,1H3/b5-4+. The number of aryl methyl sites for hydroxylation is 1. The fourth-order valence-corrected chi connectivity index (χ4v) is 1.29. The highest BCUT2D eigenvalue weighted by atomic mass is 16.1. The maximum Gasteiger partial charge on any atom is 0.189 e. The Morgan fingerprint density at radius 3 is 2.94 bits per heavy atom. The summed E-state index contributed by atoms with van der Waals surface area (Å²) in [5.41, 5.74) is 1.49. The number of carbonyl (C=O) groups excluding carboxylic acids is 1. The highest BCUT2D eigenvalue weighted by Crippen LogP contribution is 2.03. The SMILES string of the molecule is Cn1cc(C(=O)/C=C/c2cccnc2)cn1. The first-order chi connectivity index (χ1) is 7.75. The number of nitrogens with zero attached hydrogens (tertiary/aromatic N) is 3. The molecular formula is C12H11N3O. The Morgan fingerprint density at radius 1 is 1.44 bits per heavy atom. The molecule has 16 heavy (non-hydrogen) atoms. The van der Waals surface area contributed by atoms with Crippen LogP contribution in [0.5, 0.6) is 0 Å². The van der Waals surface area contributed by atoms with E-state index in [0.717, 1.165) is 5.56 Å². The van der Waals surface area contributed by atoms with Gasteiger partial charge in [-0.25, -0.2) is 0 Å². The summed E-state index contributed by atoms with van der Waals surface area (Å²) in [7, 11) is 1.78. The lowest BCUT2D eigenvalue weighted by Gasteiger charge is -1.90. The van der Waals surface area contributed by atoms with E-state index in [1.807, 2.05) is 12.1 Å². The molecule has 0 aliphatic rings. The fourth-order valence-electron chi connectivity index (χ4n) is 1.29. The van der Waals surface area contributed by atoms with E-state index in [1.165, 1.54) is 6.08 Å². The lowest BCUT2D eigenvalue weighted by molar-refractivity contribution is 0.104. The molecule has 80 valence electrons. The van der Waals surface area contributed by atoms with Gasteiger partial charge in [-0.15, -0.1) is 0 Å². The molecule has 0 N–H and O–H groups in total. The number of hydrogen-bond acceptors (Lipinski definition) is 3. The van der Waals surface area contributed by atoms with Crippen LogP contribution in [0.3, 0.4) is 0 Å². The maximum absolute atomic E-state index is 11.7. The van der Waals surface area contributed by atoms with Crippen molar-refractivity contribution in [2.45, 2.75) is 0 Å². The monoisotopic (exact) mass is 213 g/mol. The third kappa shape index (κ3) is 2.42. The van der Waals surface area contributed by atoms with Crippen LogP contribution < -0.4 is 0 Å². The van der Waals surface area contributed by atoms with Gasteiger partial charge in [0.1, 0.15) is 0 Å². The minimum Gasteiger partial charge on any atom is -0.289 e. The number of ketones is 1. The van der Waals surface area contributed by atoms with Gasteiger partial charge in [0.25, 0.3) is 0 Å². The van der Waals surface area contributed by atoms with E-state index >= 15 is 0 Å². The molecule has 0 bridgehead atoms. The second-order valence-corrected chi connectivity index (χ2v) is 3.39. The smallest absolute Gasteiger partial charge is 0.189 e. The van der Waals surface area contributed by atoms with E-state index in [4.69, 9.17) is 0 Å². The molecule has 4 heteroatoms. The van der Waals surface area contributed by atoms with Gasteiger partial charge < -0.3 is 0 Å². The molecule has 2 aromatic rings. The first kappa shape index (κ1) is 10.3. The molecule has 0 aliphatic heterocycles. The van der Waals surface area contributed by atoms with Gasteiger partial charge in [-0.05, 0) is 23.8 Å². The van der Waals surface area contributed by atoms with Crippen molar-refractivity contribution in [3.8, 4) is 0 Å². The maximum atomic E-state index is 11.7. The van der Waals surface area contributed by atoms with Gasteiger partial charge in [0.05, 0.1) is 11.8 Å². The summed E-state index contributed by atoms with van der Waals surface area (Å²) in [6.45, 7) is 0. The molecule has 2 aromatic heterocycles. The van der Waals surface area contributed by atoms with Crippen molar-refractivity contribution in [3.63, 3.8) is 0 Å². The highest BCUT2D eigenvalue weighted by Gasteiger charge is 2.03. The molecule has 0 radical (unpaired) electrons. The molecule has 0 unspecified atom stereocenters. The molecule has 0 atom stereocenters. The first-order valence-corrected chi connectivity index (χ1v) is 4.87. The van der Waals surface area contributed by atoms with Crippen LogP contribution in [0.15, 0.2) is 43.0 Å². The van der Waals surface area contributed by atoms with Gasteiger partial charge >= 0.3 is 0 Å². The van der Waals surface area contributed by atoms with Crippen molar-refractivity contribution < 1.29 is 4.79 Å². The zero-order valence-corrected chi connectivity index (χ0v) is 8.87. The van der Waals surface area contributed by atoms with Crippen LogP contribution in [0.1, 0.15) is 15.9 Å². The van der Waals surface area contributed by atoms with Crippen LogP contribution in [0.4, 0.5) is 0 Å². The lowest BCUT2D eigenvalue weighted by atomic mass is 10.2. The first-order valence-electron chi connectivity index (χ1n) is 4.87. The molecule has 2 heterocycles. The molecule has 0 fully saturated rings. The minimum absolute atomic E-state index is 0.0584. The van der Waals surface area contributed by atoms with Gasteiger partial charge in [-0.3, -0.25) is 14.5 Å². The topological polar surface area (TPSA) is 47.8 Å². The minimum atomic E-state index is -0.0584. The van der Waals surface area contributed by atoms with E-state index in [0.29, 0.717) is 5.56 Å². The van der Waals surface area contributed by atoms with Gasteiger partial charge in [-0.2, -0.15) is 5.10 Å². The van der Waals surface area contributed by atoms with E-state index in [9.17, 15) is 4.79 Å². The number of allylic oxidation sites excluding steroid dienone is 1. The molecule has 0 saturated heterocycles. The summed E-state index contributed by atoms with van der Waals surface area (Å²) >= 11 is 0. The number of hydrogen-bond donors (Lipinski definition) is 0. The van der Waals surface area contributed by atoms with Crippen LogP contribution in [0.2, 0.25) is 0 Å². The lowest BCUT2D eigenvalue weighted by Crippen LogP contribution is -1.91. The van der Waals surface area contributed by atoms with Crippen LogP contribution >= 0.6 is 0 Å². The Balaban J connectivity index is 2.11. The summed E-state index contributed by atoms with van der Waals surface area (Å²) in [4.78, 5) is 15.6. The van der Waals surface area contributed by atoms with Crippen molar-refractivity contribution in [1.29, 1.82) is 0 Å². The second-order valence-electron chi connectivity index (χ2n) is 3.39. The molecule has 0 aliphatic carbocycles. The number of aromatic nitrogens is 3. The van der Waals surface area contributed by atoms with Crippen molar-refractivity contribution in [3.05, 3.63) is 54.1 Å². The zero-order chi connectivity index (χ0) is 11.4. The van der Waals surface area contributed by atoms with Crippen LogP contribution in [-0.4, -0.2) is 20.5 Å². The van der Waals surface area contributed by atoms with Crippen LogP contribution in [0.25, 0.3) is 6.08 Å². The summed E-state index contributed by atoms with van der Waals surface area (Å²) < 4.78 is 1.60. The Kier molecular flexibility index (Phi) is 2.91. The van der Waals surface area contributed by atoms with Crippen LogP contribution in [0, 0.1) is 0 Å². The highest BCUT2D eigenvalue weighted by molar-refractivity contribution is 6.06. The average molecular weight is 213 g/mol. The Labute approximate surface area is 93.2 Å². The third-order valence-electron chi connectivity index (χ3n) is 2.10. The number of pyridine rings is 1. The number of carbonyl (C=O) groups is 1. The number of rotatable bonds is 3. The Morgan fingerprint density at radius 2 is 2.31 bits per heavy atom. The van der Waals surface area contributed by atoms with E-state index in [2.05, 4.69) is 10.1 Å². The molecule has 0 spiro atoms. The van der Waals surface area contributed by atoms with Crippen molar-refractivity contribution >= 4 is 11.9 Å². The molecule has 0 amide bonds. The van der Waals surface area contributed by atoms with Gasteiger partial charge in [-0.1, -0.05) is 6.07 Å². The fraction of sp³-hybridized carbons (Fsp3) is 0.0833. The predicted octanol–water partition coefficient (Wildman–Crippen LogP) is 1.71. The molecular weight excluding hydrogens is 202 g/mol. The normalized spacial score (nSPS) is 10.8. The van der Waals surface area contributed by atoms with Crippen molar-refractivity contribution in [1.82, 2.24) is 14.8 Å². The third-order valence-corrected chi connectivity index (χ3v) is 2.10. The van der Waals surface area contributed by atoms with Crippen LogP contribution in [-0.2, 0) is 7.05 Å². The van der Waals surface area contributed by atoms with Crippen molar-refractivity contribution in [2.24, 2.45) is 7.05 Å². The van der Waals surface area contributed by atoms with Gasteiger partial charge in [0.2, 0.25) is 0 Å². The van der Waals surface area contributed by atoms with E-state index < -0.39 is 0 Å². The van der Waals surface area contributed by atoms with Gasteiger partial charge in [0.15, 0.2) is 5.78 Å². The van der Waals surface area contributed by atoms with E-state index in [-0.39, 0.29) is 5.78 Å². The largest absolute Gasteiger partial charge is 0.289 e. The Hall–Kier alpha value is -2.23. The molecule has 0 saturated carbocycles. The molecule has 2 rings (SSSR count). The van der Waals surface area contributed by atoms with Gasteiger partial charge in [0, 0.05) is 25.6 Å². The average Bonchev–Trinajstić information content (AvgIpc) is 2.74. The summed E-state index contributed by atoms with van der Waals surface area (Å²) in [6.07, 6.45) is 9.90. The zero-order valence-electron chi connectivity index (χ0n) is 8.87. The summed E-state index contributed by atoms with van der Waals surface area (Å²) in [5.74, 6) is -0.0584. The summed E-state index contributed by atoms with van der Waals surface area (Å²) in [6, 6.07) is 3.72. The predicted molar refractivity (Wildman–Crippen MR) is 60.8 cm³/mol. The molecule has 0 aromatic carbocycles.